The molecule has 0 saturated carbocycles. The second-order valence-corrected chi connectivity index (χ2v) is 3.88. The van der Waals surface area contributed by atoms with E-state index in [2.05, 4.69) is 25.1 Å². The minimum absolute atomic E-state index is 0.0701. The van der Waals surface area contributed by atoms with E-state index in [4.69, 9.17) is 20.9 Å². The highest BCUT2D eigenvalue weighted by Gasteiger charge is 2.14. The van der Waals surface area contributed by atoms with Gasteiger partial charge in [-0.1, -0.05) is 0 Å². The van der Waals surface area contributed by atoms with Gasteiger partial charge in [-0.15, -0.1) is 5.10 Å². The van der Waals surface area contributed by atoms with Crippen molar-refractivity contribution in [3.8, 4) is 11.5 Å². The van der Waals surface area contributed by atoms with Gasteiger partial charge in [0.25, 0.3) is 0 Å². The van der Waals surface area contributed by atoms with Crippen LogP contribution < -0.4 is 26.0 Å². The van der Waals surface area contributed by atoms with Gasteiger partial charge in [0.2, 0.25) is 18.8 Å². The SMILES string of the molecule is NC(=N/[NH+]=C\c1ccc2c(c1)OCO2)c1nonc1N. The first-order chi connectivity index (χ1) is 9.74. The van der Waals surface area contributed by atoms with Gasteiger partial charge in [0.1, 0.15) is 0 Å². The van der Waals surface area contributed by atoms with Gasteiger partial charge in [0, 0.05) is 10.7 Å². The molecule has 0 fully saturated rings. The van der Waals surface area contributed by atoms with E-state index < -0.39 is 0 Å². The van der Waals surface area contributed by atoms with Gasteiger partial charge in [-0.3, -0.25) is 0 Å². The van der Waals surface area contributed by atoms with Crippen LogP contribution in [0.3, 0.4) is 0 Å². The summed E-state index contributed by atoms with van der Waals surface area (Å²) in [7, 11) is 0. The zero-order valence-electron chi connectivity index (χ0n) is 10.2. The average Bonchev–Trinajstić information content (AvgIpc) is 3.06. The van der Waals surface area contributed by atoms with Gasteiger partial charge in [0.05, 0.1) is 0 Å². The van der Waals surface area contributed by atoms with Crippen molar-refractivity contribution in [3.05, 3.63) is 29.5 Å². The zero-order valence-corrected chi connectivity index (χ0v) is 10.2. The number of benzene rings is 1. The average molecular weight is 275 g/mol. The lowest BCUT2D eigenvalue weighted by atomic mass is 10.2. The largest absolute Gasteiger partial charge is 0.454 e. The maximum absolute atomic E-state index is 5.67. The standard InChI is InChI=1S/C11H10N6O3/c12-10(9-11(13)17-20-16-9)15-14-4-6-1-2-7-8(3-6)19-5-18-7/h1-4H,5H2,(H2,12,15)(H2,13,17)/p+1/b14-4-. The van der Waals surface area contributed by atoms with Crippen molar-refractivity contribution in [1.29, 1.82) is 0 Å². The second-order valence-electron chi connectivity index (χ2n) is 3.88. The monoisotopic (exact) mass is 275 g/mol. The molecule has 0 saturated heterocycles. The molecule has 1 aliphatic rings. The number of nitrogens with zero attached hydrogens (tertiary/aromatic N) is 3. The lowest BCUT2D eigenvalue weighted by molar-refractivity contribution is -0.456. The molecule has 3 rings (SSSR count). The minimum Gasteiger partial charge on any atom is -0.454 e. The molecule has 2 heterocycles. The molecule has 0 aliphatic carbocycles. The molecule has 9 heteroatoms. The number of hydrogen-bond donors (Lipinski definition) is 3. The van der Waals surface area contributed by atoms with Gasteiger partial charge in [-0.25, -0.2) is 4.63 Å². The Morgan fingerprint density at radius 3 is 2.95 bits per heavy atom. The predicted octanol–water partition coefficient (Wildman–Crippen LogP) is -1.80. The quantitative estimate of drug-likeness (QED) is 0.341. The molecule has 2 aromatic rings. The molecule has 20 heavy (non-hydrogen) atoms. The van der Waals surface area contributed by atoms with Crippen molar-refractivity contribution in [3.63, 3.8) is 0 Å². The van der Waals surface area contributed by atoms with Crippen LogP contribution in [0.2, 0.25) is 0 Å². The molecular formula is C11H11N6O3+. The number of nitrogens with two attached hydrogens (primary N) is 2. The fourth-order valence-electron chi connectivity index (χ4n) is 1.61. The zero-order chi connectivity index (χ0) is 13.9. The van der Waals surface area contributed by atoms with Crippen molar-refractivity contribution in [2.45, 2.75) is 0 Å². The molecule has 1 aromatic carbocycles. The molecule has 0 unspecified atom stereocenters. The first-order valence-electron chi connectivity index (χ1n) is 5.64. The van der Waals surface area contributed by atoms with Crippen molar-refractivity contribution in [2.24, 2.45) is 10.8 Å². The fourth-order valence-corrected chi connectivity index (χ4v) is 1.61. The summed E-state index contributed by atoms with van der Waals surface area (Å²) in [5.41, 5.74) is 12.2. The first kappa shape index (κ1) is 12.0. The molecule has 1 aromatic heterocycles. The molecule has 0 bridgehead atoms. The number of nitrogens with one attached hydrogen (secondary N) is 1. The van der Waals surface area contributed by atoms with Gasteiger partial charge in [-0.05, 0) is 28.5 Å². The summed E-state index contributed by atoms with van der Waals surface area (Å²) in [5.74, 6) is 1.55. The van der Waals surface area contributed by atoms with Crippen molar-refractivity contribution in [1.82, 2.24) is 10.3 Å². The number of aromatic nitrogens is 2. The molecule has 102 valence electrons. The highest BCUT2D eigenvalue weighted by Crippen LogP contribution is 2.31. The maximum Gasteiger partial charge on any atom is 0.231 e. The fraction of sp³-hybridized carbons (Fsp3) is 0.0909. The van der Waals surface area contributed by atoms with E-state index in [1.54, 1.807) is 6.21 Å². The molecule has 0 spiro atoms. The van der Waals surface area contributed by atoms with Crippen LogP contribution in [0.1, 0.15) is 11.3 Å². The lowest BCUT2D eigenvalue weighted by Gasteiger charge is -1.94. The first-order valence-corrected chi connectivity index (χ1v) is 5.64. The number of hydrogen-bond acceptors (Lipinski definition) is 7. The second kappa shape index (κ2) is 4.88. The lowest BCUT2D eigenvalue weighted by Crippen LogP contribution is -2.63. The third kappa shape index (κ3) is 2.23. The van der Waals surface area contributed by atoms with Crippen molar-refractivity contribution in [2.75, 3.05) is 12.5 Å². The van der Waals surface area contributed by atoms with Crippen molar-refractivity contribution < 1.29 is 19.2 Å². The summed E-state index contributed by atoms with van der Waals surface area (Å²) < 4.78 is 14.9. The Morgan fingerprint density at radius 2 is 2.15 bits per heavy atom. The molecule has 5 N–H and O–H groups in total. The summed E-state index contributed by atoms with van der Waals surface area (Å²) in [6.45, 7) is 0.232. The van der Waals surface area contributed by atoms with Crippen LogP contribution in [-0.2, 0) is 0 Å². The third-order valence-corrected chi connectivity index (χ3v) is 2.57. The van der Waals surface area contributed by atoms with Crippen LogP contribution in [0, 0.1) is 0 Å². The number of ether oxygens (including phenoxy) is 2. The van der Waals surface area contributed by atoms with Crippen LogP contribution in [-0.4, -0.2) is 29.2 Å². The smallest absolute Gasteiger partial charge is 0.231 e. The summed E-state index contributed by atoms with van der Waals surface area (Å²) in [6.07, 6.45) is 1.64. The summed E-state index contributed by atoms with van der Waals surface area (Å²) in [5, 5.41) is 13.5. The van der Waals surface area contributed by atoms with Crippen LogP contribution in [0.25, 0.3) is 0 Å². The third-order valence-electron chi connectivity index (χ3n) is 2.57. The molecule has 0 amide bonds. The number of anilines is 1. The summed E-state index contributed by atoms with van der Waals surface area (Å²) in [4.78, 5) is 0. The molecule has 0 atom stereocenters. The van der Waals surface area contributed by atoms with Gasteiger partial charge in [0.15, 0.2) is 23.0 Å². The Labute approximate surface area is 112 Å². The molecule has 9 nitrogen and oxygen atoms in total. The molecule has 1 aliphatic heterocycles. The number of amidine groups is 1. The summed E-state index contributed by atoms with van der Waals surface area (Å²) >= 11 is 0. The number of nitrogen functional groups attached to an aromatic ring is 1. The number of hydrazone groups is 1. The summed E-state index contributed by atoms with van der Waals surface area (Å²) in [6, 6.07) is 5.47. The Bertz CT molecular complexity index is 693. The van der Waals surface area contributed by atoms with E-state index in [9.17, 15) is 0 Å². The van der Waals surface area contributed by atoms with Gasteiger partial charge in [-0.2, -0.15) is 0 Å². The Kier molecular flexibility index (Phi) is 2.92. The highest BCUT2D eigenvalue weighted by atomic mass is 16.7. The Morgan fingerprint density at radius 1 is 1.30 bits per heavy atom. The van der Waals surface area contributed by atoms with E-state index in [1.165, 1.54) is 0 Å². The molecular weight excluding hydrogens is 264 g/mol. The number of rotatable bonds is 3. The maximum atomic E-state index is 5.67. The van der Waals surface area contributed by atoms with Gasteiger partial charge >= 0.3 is 0 Å². The molecule has 0 radical (unpaired) electrons. The van der Waals surface area contributed by atoms with E-state index >= 15 is 0 Å². The Hall–Kier alpha value is -3.10. The predicted molar refractivity (Wildman–Crippen MR) is 68.1 cm³/mol. The van der Waals surface area contributed by atoms with E-state index in [0.717, 1.165) is 5.56 Å². The Balaban J connectivity index is 1.76. The number of fused-ring (bicyclic) bond motifs is 1. The van der Waals surface area contributed by atoms with Crippen LogP contribution in [0.4, 0.5) is 5.82 Å². The van der Waals surface area contributed by atoms with E-state index in [-0.39, 0.29) is 24.1 Å². The van der Waals surface area contributed by atoms with Crippen LogP contribution in [0.5, 0.6) is 11.5 Å². The minimum atomic E-state index is 0.0701. The van der Waals surface area contributed by atoms with Gasteiger partial charge < -0.3 is 20.9 Å². The van der Waals surface area contributed by atoms with E-state index in [1.807, 2.05) is 18.2 Å². The van der Waals surface area contributed by atoms with E-state index in [0.29, 0.717) is 11.5 Å². The van der Waals surface area contributed by atoms with Crippen molar-refractivity contribution >= 4 is 17.9 Å². The van der Waals surface area contributed by atoms with Crippen LogP contribution in [0.15, 0.2) is 27.9 Å². The normalized spacial score (nSPS) is 14.1. The topological polar surface area (TPSA) is 136 Å². The van der Waals surface area contributed by atoms with Crippen LogP contribution >= 0.6 is 0 Å². The highest BCUT2D eigenvalue weighted by molar-refractivity contribution is 5.98.